The predicted octanol–water partition coefficient (Wildman–Crippen LogP) is -0.148. The van der Waals surface area contributed by atoms with Crippen LogP contribution in [0.25, 0.3) is 0 Å². The van der Waals surface area contributed by atoms with Gasteiger partial charge in [-0.1, -0.05) is 0 Å². The first-order chi connectivity index (χ1) is 9.82. The summed E-state index contributed by atoms with van der Waals surface area (Å²) in [5, 5.41) is 9.05. The fraction of sp³-hybridized carbons (Fsp3) is 0.636. The molecular weight excluding hydrogens is 297 g/mol. The van der Waals surface area contributed by atoms with Gasteiger partial charge in [-0.3, -0.25) is 14.3 Å². The van der Waals surface area contributed by atoms with E-state index in [0.29, 0.717) is 10.8 Å². The van der Waals surface area contributed by atoms with E-state index in [1.165, 1.54) is 0 Å². The number of hydrogen-bond acceptors (Lipinski definition) is 5. The summed E-state index contributed by atoms with van der Waals surface area (Å²) < 4.78 is 49.2. The van der Waals surface area contributed by atoms with Gasteiger partial charge in [-0.15, -0.1) is 0 Å². The second kappa shape index (κ2) is 6.00. The lowest BCUT2D eigenvalue weighted by Crippen LogP contribution is -2.38. The van der Waals surface area contributed by atoms with Crippen molar-refractivity contribution in [2.24, 2.45) is 0 Å². The van der Waals surface area contributed by atoms with E-state index in [4.69, 9.17) is 14.6 Å². The number of rotatable bonds is 2. The van der Waals surface area contributed by atoms with Gasteiger partial charge in [0.15, 0.2) is 0 Å². The van der Waals surface area contributed by atoms with Gasteiger partial charge in [0.1, 0.15) is 17.9 Å². The first-order valence-corrected chi connectivity index (χ1v) is 6.09. The van der Waals surface area contributed by atoms with Crippen molar-refractivity contribution in [3.05, 3.63) is 32.6 Å². The molecule has 118 valence electrons. The highest BCUT2D eigenvalue weighted by atomic mass is 19.4. The minimum absolute atomic E-state index is 0.0667. The van der Waals surface area contributed by atoms with Crippen LogP contribution in [0.5, 0.6) is 0 Å². The minimum atomic E-state index is -4.89. The molecule has 2 N–H and O–H groups in total. The lowest BCUT2D eigenvalue weighted by molar-refractivity contribution is -0.140. The number of hydrogen-bond donors (Lipinski definition) is 2. The third-order valence-corrected chi connectivity index (χ3v) is 2.95. The van der Waals surface area contributed by atoms with Gasteiger partial charge < -0.3 is 14.6 Å². The van der Waals surface area contributed by atoms with E-state index >= 15 is 0 Å². The maximum Gasteiger partial charge on any atom is 0.423 e. The summed E-state index contributed by atoms with van der Waals surface area (Å²) in [5.41, 5.74) is -4.01. The zero-order valence-electron chi connectivity index (χ0n) is 10.7. The van der Waals surface area contributed by atoms with Gasteiger partial charge >= 0.3 is 11.9 Å². The summed E-state index contributed by atoms with van der Waals surface area (Å²) in [6, 6.07) is 0. The van der Waals surface area contributed by atoms with E-state index in [1.54, 1.807) is 4.98 Å². The zero-order chi connectivity index (χ0) is 15.6. The molecule has 2 rings (SSSR count). The average molecular weight is 310 g/mol. The molecule has 1 aromatic rings. The summed E-state index contributed by atoms with van der Waals surface area (Å²) in [4.78, 5) is 24.5. The molecule has 1 fully saturated rings. The molecule has 2 heterocycles. The van der Waals surface area contributed by atoms with Crippen molar-refractivity contribution in [2.75, 3.05) is 19.8 Å². The molecule has 0 bridgehead atoms. The highest BCUT2D eigenvalue weighted by Crippen LogP contribution is 2.27. The molecule has 1 aromatic heterocycles. The Morgan fingerprint density at radius 3 is 2.76 bits per heavy atom. The Labute approximate surface area is 115 Å². The third-order valence-electron chi connectivity index (χ3n) is 2.95. The van der Waals surface area contributed by atoms with E-state index in [0.717, 1.165) is 0 Å². The molecule has 0 spiro atoms. The first kappa shape index (κ1) is 15.7. The number of nitrogens with zero attached hydrogens (tertiary/aromatic N) is 1. The van der Waals surface area contributed by atoms with Crippen LogP contribution in [0.3, 0.4) is 0 Å². The van der Waals surface area contributed by atoms with Crippen molar-refractivity contribution in [2.45, 2.75) is 24.9 Å². The largest absolute Gasteiger partial charge is 0.423 e. The van der Waals surface area contributed by atoms with Crippen LogP contribution in [0.15, 0.2) is 15.8 Å². The van der Waals surface area contributed by atoms with Crippen LogP contribution < -0.4 is 11.2 Å². The summed E-state index contributed by atoms with van der Waals surface area (Å²) in [6.07, 6.45) is -6.17. The van der Waals surface area contributed by atoms with E-state index in [-0.39, 0.29) is 19.6 Å². The second-order valence-electron chi connectivity index (χ2n) is 4.47. The summed E-state index contributed by atoms with van der Waals surface area (Å²) in [6.45, 7) is -0.188. The lowest BCUT2D eigenvalue weighted by atomic mass is 10.3. The molecule has 2 unspecified atom stereocenters. The predicted molar refractivity (Wildman–Crippen MR) is 62.8 cm³/mol. The summed E-state index contributed by atoms with van der Waals surface area (Å²) in [5.74, 6) is 0. The molecule has 1 aliphatic rings. The van der Waals surface area contributed by atoms with Gasteiger partial charge in [0.2, 0.25) is 0 Å². The van der Waals surface area contributed by atoms with Crippen LogP contribution in [0, 0.1) is 0 Å². The Morgan fingerprint density at radius 2 is 2.14 bits per heavy atom. The Bertz CT molecular complexity index is 609. The zero-order valence-corrected chi connectivity index (χ0v) is 10.7. The Hall–Kier alpha value is -1.65. The molecule has 0 amide bonds. The van der Waals surface area contributed by atoms with Crippen LogP contribution in [0.4, 0.5) is 13.2 Å². The Balaban J connectivity index is 2.43. The SMILES string of the molecule is O=c1[nH]c(=O)n(C2CCOCC(CO)O2)cc1C(F)(F)F. The van der Waals surface area contributed by atoms with Gasteiger partial charge in [-0.05, 0) is 0 Å². The van der Waals surface area contributed by atoms with Gasteiger partial charge in [0.05, 0.1) is 19.8 Å². The number of H-pyrrole nitrogens is 1. The van der Waals surface area contributed by atoms with Crippen LogP contribution in [0.1, 0.15) is 18.2 Å². The number of ether oxygens (including phenoxy) is 2. The fourth-order valence-corrected chi connectivity index (χ4v) is 1.93. The molecular formula is C11H13F3N2O5. The standard InChI is InChI=1S/C11H13F3N2O5/c12-11(13,14)7-3-16(10(19)15-9(7)18)8-1-2-20-5-6(4-17)21-8/h3,6,8,17H,1-2,4-5H2,(H,15,18,19). The molecule has 1 saturated heterocycles. The molecule has 7 nitrogen and oxygen atoms in total. The monoisotopic (exact) mass is 310 g/mol. The maximum atomic E-state index is 12.7. The number of nitrogens with one attached hydrogen (secondary N) is 1. The van der Waals surface area contributed by atoms with Crippen molar-refractivity contribution in [1.29, 1.82) is 0 Å². The first-order valence-electron chi connectivity index (χ1n) is 6.09. The number of aromatic nitrogens is 2. The maximum absolute atomic E-state index is 12.7. The highest BCUT2D eigenvalue weighted by Gasteiger charge is 2.36. The molecule has 2 atom stereocenters. The smallest absolute Gasteiger partial charge is 0.394 e. The average Bonchev–Trinajstić information content (AvgIpc) is 2.62. The van der Waals surface area contributed by atoms with Crippen molar-refractivity contribution in [3.8, 4) is 0 Å². The number of aromatic amines is 1. The van der Waals surface area contributed by atoms with E-state index in [9.17, 15) is 22.8 Å². The van der Waals surface area contributed by atoms with Gasteiger partial charge in [-0.25, -0.2) is 4.79 Å². The van der Waals surface area contributed by atoms with E-state index < -0.39 is 41.9 Å². The third kappa shape index (κ3) is 3.52. The number of alkyl halides is 3. The minimum Gasteiger partial charge on any atom is -0.394 e. The molecule has 0 saturated carbocycles. The summed E-state index contributed by atoms with van der Waals surface area (Å²) in [7, 11) is 0. The fourth-order valence-electron chi connectivity index (χ4n) is 1.93. The van der Waals surface area contributed by atoms with E-state index in [2.05, 4.69) is 0 Å². The number of halogens is 3. The molecule has 0 radical (unpaired) electrons. The van der Waals surface area contributed by atoms with E-state index in [1.807, 2.05) is 0 Å². The van der Waals surface area contributed by atoms with Crippen LogP contribution in [0.2, 0.25) is 0 Å². The van der Waals surface area contributed by atoms with Crippen LogP contribution >= 0.6 is 0 Å². The topological polar surface area (TPSA) is 93.6 Å². The van der Waals surface area contributed by atoms with Gasteiger partial charge in [-0.2, -0.15) is 13.2 Å². The second-order valence-corrected chi connectivity index (χ2v) is 4.47. The van der Waals surface area contributed by atoms with Crippen molar-refractivity contribution in [3.63, 3.8) is 0 Å². The molecule has 10 heteroatoms. The van der Waals surface area contributed by atoms with Crippen LogP contribution in [-0.4, -0.2) is 40.6 Å². The molecule has 21 heavy (non-hydrogen) atoms. The normalized spacial score (nSPS) is 23.8. The van der Waals surface area contributed by atoms with Crippen molar-refractivity contribution in [1.82, 2.24) is 9.55 Å². The Morgan fingerprint density at radius 1 is 1.43 bits per heavy atom. The van der Waals surface area contributed by atoms with Crippen molar-refractivity contribution >= 4 is 0 Å². The molecule has 0 aromatic carbocycles. The number of aliphatic hydroxyl groups excluding tert-OH is 1. The van der Waals surface area contributed by atoms with Crippen molar-refractivity contribution < 1.29 is 27.8 Å². The Kier molecular flexibility index (Phi) is 4.49. The number of aliphatic hydroxyl groups is 1. The molecule has 0 aliphatic carbocycles. The van der Waals surface area contributed by atoms with Crippen LogP contribution in [-0.2, 0) is 15.7 Å². The lowest BCUT2D eigenvalue weighted by Gasteiger charge is -2.21. The van der Waals surface area contributed by atoms with Gasteiger partial charge in [0, 0.05) is 12.6 Å². The van der Waals surface area contributed by atoms with Gasteiger partial charge in [0.25, 0.3) is 5.56 Å². The quantitative estimate of drug-likeness (QED) is 0.792. The molecule has 1 aliphatic heterocycles. The highest BCUT2D eigenvalue weighted by molar-refractivity contribution is 5.09. The summed E-state index contributed by atoms with van der Waals surface area (Å²) >= 11 is 0.